The molecule has 0 aromatic heterocycles. The summed E-state index contributed by atoms with van der Waals surface area (Å²) in [5.74, 6) is 0.888. The number of piperidine rings is 1. The zero-order valence-electron chi connectivity index (χ0n) is 14.1. The van der Waals surface area contributed by atoms with Gasteiger partial charge in [0.05, 0.1) is 7.11 Å². The highest BCUT2D eigenvalue weighted by atomic mass is 32.2. The fourth-order valence-corrected chi connectivity index (χ4v) is 4.71. The number of nitrogens with zero attached hydrogens (tertiary/aromatic N) is 1. The summed E-state index contributed by atoms with van der Waals surface area (Å²) in [6.45, 7) is 1.05. The highest BCUT2D eigenvalue weighted by molar-refractivity contribution is 7.98. The summed E-state index contributed by atoms with van der Waals surface area (Å²) in [5, 5.41) is 2.75. The number of thioether (sulfide) groups is 1. The number of amides is 1. The number of carbonyl (C=O) groups excluding carboxylic acids is 1. The Bertz CT molecular complexity index is 671. The van der Waals surface area contributed by atoms with Crippen molar-refractivity contribution in [3.05, 3.63) is 18.2 Å². The highest BCUT2D eigenvalue weighted by Crippen LogP contribution is 2.31. The van der Waals surface area contributed by atoms with Gasteiger partial charge in [-0.15, -0.1) is 0 Å². The lowest BCUT2D eigenvalue weighted by molar-refractivity contribution is -0.115. The van der Waals surface area contributed by atoms with Crippen LogP contribution in [0.4, 0.5) is 5.69 Å². The van der Waals surface area contributed by atoms with E-state index in [1.54, 1.807) is 23.9 Å². The maximum Gasteiger partial charge on any atom is 0.246 e. The van der Waals surface area contributed by atoms with Crippen LogP contribution in [0.5, 0.6) is 5.75 Å². The molecule has 0 unspecified atom stereocenters. The molecule has 1 aliphatic heterocycles. The van der Waals surface area contributed by atoms with E-state index in [1.165, 1.54) is 17.5 Å². The number of benzene rings is 1. The van der Waals surface area contributed by atoms with Crippen molar-refractivity contribution in [3.8, 4) is 5.75 Å². The van der Waals surface area contributed by atoms with E-state index >= 15 is 0 Å². The van der Waals surface area contributed by atoms with Gasteiger partial charge in [-0.1, -0.05) is 6.42 Å². The number of rotatable bonds is 7. The predicted molar refractivity (Wildman–Crippen MR) is 97.2 cm³/mol. The fourth-order valence-electron chi connectivity index (χ4n) is 2.62. The predicted octanol–water partition coefficient (Wildman–Crippen LogP) is 2.56. The first kappa shape index (κ1) is 19.1. The first-order valence-corrected chi connectivity index (χ1v) is 10.8. The smallest absolute Gasteiger partial charge is 0.246 e. The molecule has 0 atom stereocenters. The van der Waals surface area contributed by atoms with Crippen LogP contribution in [0.3, 0.4) is 0 Å². The van der Waals surface area contributed by atoms with Gasteiger partial charge in [0.15, 0.2) is 0 Å². The van der Waals surface area contributed by atoms with Crippen LogP contribution in [0, 0.1) is 0 Å². The van der Waals surface area contributed by atoms with E-state index in [4.69, 9.17) is 4.74 Å². The minimum atomic E-state index is -3.63. The topological polar surface area (TPSA) is 75.7 Å². The van der Waals surface area contributed by atoms with E-state index in [2.05, 4.69) is 5.32 Å². The van der Waals surface area contributed by atoms with Crippen LogP contribution in [-0.2, 0) is 14.8 Å². The molecule has 1 aliphatic rings. The lowest BCUT2D eigenvalue weighted by Crippen LogP contribution is -2.35. The number of ether oxygens (including phenoxy) is 1. The summed E-state index contributed by atoms with van der Waals surface area (Å²) < 4.78 is 32.5. The summed E-state index contributed by atoms with van der Waals surface area (Å²) in [6, 6.07) is 4.73. The third-order valence-electron chi connectivity index (χ3n) is 3.91. The molecule has 6 nitrogen and oxygen atoms in total. The molecule has 0 aliphatic carbocycles. The molecule has 1 amide bonds. The first-order valence-electron chi connectivity index (χ1n) is 7.96. The van der Waals surface area contributed by atoms with Gasteiger partial charge in [0, 0.05) is 31.0 Å². The quantitative estimate of drug-likeness (QED) is 0.796. The van der Waals surface area contributed by atoms with Gasteiger partial charge in [0.25, 0.3) is 0 Å². The zero-order chi connectivity index (χ0) is 17.6. The van der Waals surface area contributed by atoms with Crippen molar-refractivity contribution >= 4 is 33.4 Å². The summed E-state index contributed by atoms with van der Waals surface area (Å²) >= 11 is 1.59. The molecule has 0 saturated carbocycles. The summed E-state index contributed by atoms with van der Waals surface area (Å²) in [6.07, 6.45) is 5.11. The molecule has 2 rings (SSSR count). The van der Waals surface area contributed by atoms with Gasteiger partial charge in [-0.2, -0.15) is 16.1 Å². The zero-order valence-corrected chi connectivity index (χ0v) is 15.7. The Labute approximate surface area is 148 Å². The normalized spacial score (nSPS) is 15.9. The summed E-state index contributed by atoms with van der Waals surface area (Å²) in [5.41, 5.74) is 0.470. The average Bonchev–Trinajstić information content (AvgIpc) is 2.60. The molecule has 0 radical (unpaired) electrons. The first-order chi connectivity index (χ1) is 11.5. The molecule has 1 aromatic rings. The van der Waals surface area contributed by atoms with Crippen LogP contribution < -0.4 is 10.1 Å². The number of anilines is 1. The molecule has 1 fully saturated rings. The van der Waals surface area contributed by atoms with Crippen LogP contribution in [-0.4, -0.2) is 50.8 Å². The molecule has 8 heteroatoms. The molecule has 1 N–H and O–H groups in total. The van der Waals surface area contributed by atoms with Crippen LogP contribution in [0.2, 0.25) is 0 Å². The molecular weight excluding hydrogens is 348 g/mol. The molecule has 1 saturated heterocycles. The van der Waals surface area contributed by atoms with E-state index < -0.39 is 10.0 Å². The van der Waals surface area contributed by atoms with E-state index in [-0.39, 0.29) is 10.8 Å². The average molecular weight is 373 g/mol. The maximum absolute atomic E-state index is 12.9. The second-order valence-corrected chi connectivity index (χ2v) is 8.51. The lowest BCUT2D eigenvalue weighted by Gasteiger charge is -2.26. The molecule has 1 aromatic carbocycles. The van der Waals surface area contributed by atoms with Crippen LogP contribution in [0.25, 0.3) is 0 Å². The van der Waals surface area contributed by atoms with Crippen molar-refractivity contribution in [3.63, 3.8) is 0 Å². The highest BCUT2D eigenvalue weighted by Gasteiger charge is 2.29. The Morgan fingerprint density at radius 2 is 2.00 bits per heavy atom. The second kappa shape index (κ2) is 8.73. The van der Waals surface area contributed by atoms with Crippen molar-refractivity contribution in [2.24, 2.45) is 0 Å². The third-order valence-corrected chi connectivity index (χ3v) is 6.45. The van der Waals surface area contributed by atoms with Crippen LogP contribution in [0.1, 0.15) is 25.7 Å². The Morgan fingerprint density at radius 1 is 1.29 bits per heavy atom. The van der Waals surface area contributed by atoms with Crippen LogP contribution >= 0.6 is 11.8 Å². The number of carbonyl (C=O) groups is 1. The van der Waals surface area contributed by atoms with Gasteiger partial charge in [0.1, 0.15) is 10.6 Å². The Balaban J connectivity index is 2.26. The molecule has 0 bridgehead atoms. The number of nitrogens with one attached hydrogen (secondary N) is 1. The Morgan fingerprint density at radius 3 is 2.62 bits per heavy atom. The van der Waals surface area contributed by atoms with Gasteiger partial charge in [-0.05, 0) is 37.3 Å². The van der Waals surface area contributed by atoms with Gasteiger partial charge in [-0.3, -0.25) is 4.79 Å². The van der Waals surface area contributed by atoms with Gasteiger partial charge >= 0.3 is 0 Å². The van der Waals surface area contributed by atoms with E-state index in [1.807, 2.05) is 6.26 Å². The van der Waals surface area contributed by atoms with Crippen molar-refractivity contribution < 1.29 is 17.9 Å². The summed E-state index contributed by atoms with van der Waals surface area (Å²) in [4.78, 5) is 12.0. The van der Waals surface area contributed by atoms with Crippen molar-refractivity contribution in [1.82, 2.24) is 4.31 Å². The van der Waals surface area contributed by atoms with E-state index in [9.17, 15) is 13.2 Å². The number of hydrogen-bond acceptors (Lipinski definition) is 5. The van der Waals surface area contributed by atoms with Crippen molar-refractivity contribution in [2.75, 3.05) is 37.5 Å². The number of sulfonamides is 1. The Hall–Kier alpha value is -1.25. The molecule has 0 spiro atoms. The molecule has 24 heavy (non-hydrogen) atoms. The van der Waals surface area contributed by atoms with Crippen molar-refractivity contribution in [1.29, 1.82) is 0 Å². The fraction of sp³-hybridized carbons (Fsp3) is 0.562. The molecule has 134 valence electrons. The van der Waals surface area contributed by atoms with Gasteiger partial charge in [0.2, 0.25) is 15.9 Å². The number of hydrogen-bond donors (Lipinski definition) is 1. The maximum atomic E-state index is 12.9. The van der Waals surface area contributed by atoms with Crippen LogP contribution in [0.15, 0.2) is 23.1 Å². The second-order valence-electron chi connectivity index (χ2n) is 5.62. The van der Waals surface area contributed by atoms with Crippen molar-refractivity contribution in [2.45, 2.75) is 30.6 Å². The molecular formula is C16H24N2O4S2. The lowest BCUT2D eigenvalue weighted by atomic mass is 10.2. The monoisotopic (exact) mass is 372 g/mol. The standard InChI is InChI=1S/C16H24N2O4S2/c1-22-14-7-6-13(17-16(19)8-11-23-2)12-15(14)24(20,21)18-9-4-3-5-10-18/h6-7,12H,3-5,8-11H2,1-2H3,(H,17,19). The minimum absolute atomic E-state index is 0.106. The summed E-state index contributed by atoms with van der Waals surface area (Å²) in [7, 11) is -2.18. The SMILES string of the molecule is COc1ccc(NC(=O)CCSC)cc1S(=O)(=O)N1CCCCC1. The van der Waals surface area contributed by atoms with E-state index in [0.717, 1.165) is 25.0 Å². The number of methoxy groups -OCH3 is 1. The van der Waals surface area contributed by atoms with Gasteiger partial charge in [-0.25, -0.2) is 8.42 Å². The van der Waals surface area contributed by atoms with E-state index in [0.29, 0.717) is 30.9 Å². The Kier molecular flexibility index (Phi) is 6.94. The largest absolute Gasteiger partial charge is 0.495 e. The van der Waals surface area contributed by atoms with Gasteiger partial charge < -0.3 is 10.1 Å². The minimum Gasteiger partial charge on any atom is -0.495 e. The third kappa shape index (κ3) is 4.64. The molecule has 1 heterocycles.